The number of ether oxygens (including phenoxy) is 1. The fourth-order valence-corrected chi connectivity index (χ4v) is 2.54. The average molecular weight is 231 g/mol. The molecule has 0 aromatic heterocycles. The molecule has 2 fully saturated rings. The molecule has 0 spiro atoms. The van der Waals surface area contributed by atoms with Crippen LogP contribution in [0.2, 0.25) is 0 Å². The third kappa shape index (κ3) is 3.22. The standard InChI is InChI=1S/C15H21NO/c1-2-13(10-12-6-8-16-9-7-12)11-15(3-1)17-14-4-5-14/h1-3,11-12,14,16H,4-10H2. The van der Waals surface area contributed by atoms with E-state index in [-0.39, 0.29) is 0 Å². The monoisotopic (exact) mass is 231 g/mol. The molecule has 0 radical (unpaired) electrons. The Morgan fingerprint density at radius 1 is 1.12 bits per heavy atom. The molecule has 2 nitrogen and oxygen atoms in total. The van der Waals surface area contributed by atoms with Crippen molar-refractivity contribution in [3.63, 3.8) is 0 Å². The third-order valence-electron chi connectivity index (χ3n) is 3.71. The van der Waals surface area contributed by atoms with Crippen molar-refractivity contribution in [2.24, 2.45) is 5.92 Å². The summed E-state index contributed by atoms with van der Waals surface area (Å²) < 4.78 is 5.84. The van der Waals surface area contributed by atoms with E-state index in [1.54, 1.807) is 0 Å². The summed E-state index contributed by atoms with van der Waals surface area (Å²) in [6, 6.07) is 8.69. The van der Waals surface area contributed by atoms with Gasteiger partial charge in [-0.1, -0.05) is 12.1 Å². The van der Waals surface area contributed by atoms with Crippen molar-refractivity contribution in [1.82, 2.24) is 5.32 Å². The number of rotatable bonds is 4. The van der Waals surface area contributed by atoms with Gasteiger partial charge in [-0.25, -0.2) is 0 Å². The van der Waals surface area contributed by atoms with Crippen LogP contribution in [-0.2, 0) is 6.42 Å². The zero-order chi connectivity index (χ0) is 11.5. The smallest absolute Gasteiger partial charge is 0.119 e. The average Bonchev–Trinajstić information content (AvgIpc) is 3.15. The van der Waals surface area contributed by atoms with Gasteiger partial charge in [-0.05, 0) is 68.8 Å². The first kappa shape index (κ1) is 11.1. The molecule has 1 saturated carbocycles. The number of piperidine rings is 1. The summed E-state index contributed by atoms with van der Waals surface area (Å²) in [6.45, 7) is 2.37. The van der Waals surface area contributed by atoms with Gasteiger partial charge in [0.2, 0.25) is 0 Å². The number of hydrogen-bond donors (Lipinski definition) is 1. The van der Waals surface area contributed by atoms with Crippen LogP contribution >= 0.6 is 0 Å². The predicted molar refractivity (Wildman–Crippen MR) is 69.4 cm³/mol. The summed E-state index contributed by atoms with van der Waals surface area (Å²) in [4.78, 5) is 0. The summed E-state index contributed by atoms with van der Waals surface area (Å²) in [5, 5.41) is 3.42. The van der Waals surface area contributed by atoms with Crippen LogP contribution in [0.4, 0.5) is 0 Å². The van der Waals surface area contributed by atoms with Crippen molar-refractivity contribution in [1.29, 1.82) is 0 Å². The van der Waals surface area contributed by atoms with Gasteiger partial charge >= 0.3 is 0 Å². The van der Waals surface area contributed by atoms with Crippen molar-refractivity contribution < 1.29 is 4.74 Å². The van der Waals surface area contributed by atoms with Crippen LogP contribution in [0.15, 0.2) is 24.3 Å². The normalized spacial score (nSPS) is 21.4. The first-order valence-electron chi connectivity index (χ1n) is 6.86. The molecule has 2 heteroatoms. The van der Waals surface area contributed by atoms with Crippen LogP contribution in [0.3, 0.4) is 0 Å². The molecule has 1 aromatic carbocycles. The molecule has 3 rings (SSSR count). The van der Waals surface area contributed by atoms with E-state index in [2.05, 4.69) is 29.6 Å². The first-order valence-corrected chi connectivity index (χ1v) is 6.86. The Labute approximate surface area is 103 Å². The highest BCUT2D eigenvalue weighted by atomic mass is 16.5. The van der Waals surface area contributed by atoms with Crippen molar-refractivity contribution in [2.75, 3.05) is 13.1 Å². The number of nitrogens with one attached hydrogen (secondary N) is 1. The van der Waals surface area contributed by atoms with Gasteiger partial charge in [0.25, 0.3) is 0 Å². The third-order valence-corrected chi connectivity index (χ3v) is 3.71. The molecule has 1 aliphatic heterocycles. The molecule has 2 aliphatic rings. The lowest BCUT2D eigenvalue weighted by atomic mass is 9.91. The number of hydrogen-bond acceptors (Lipinski definition) is 2. The molecule has 1 aliphatic carbocycles. The zero-order valence-corrected chi connectivity index (χ0v) is 10.3. The van der Waals surface area contributed by atoms with E-state index < -0.39 is 0 Å². The molecule has 17 heavy (non-hydrogen) atoms. The van der Waals surface area contributed by atoms with E-state index in [0.29, 0.717) is 6.10 Å². The SMILES string of the molecule is c1cc(CC2CCNCC2)cc(OC2CC2)c1. The van der Waals surface area contributed by atoms with E-state index in [1.807, 2.05) is 0 Å². The molecular weight excluding hydrogens is 210 g/mol. The quantitative estimate of drug-likeness (QED) is 0.860. The molecular formula is C15H21NO. The summed E-state index contributed by atoms with van der Waals surface area (Å²) in [5.41, 5.74) is 1.44. The molecule has 0 unspecified atom stereocenters. The summed E-state index contributed by atoms with van der Waals surface area (Å²) in [5.74, 6) is 1.92. The van der Waals surface area contributed by atoms with Gasteiger partial charge < -0.3 is 10.1 Å². The highest BCUT2D eigenvalue weighted by molar-refractivity contribution is 5.29. The van der Waals surface area contributed by atoms with Crippen LogP contribution in [-0.4, -0.2) is 19.2 Å². The lowest BCUT2D eigenvalue weighted by molar-refractivity contribution is 0.302. The maximum Gasteiger partial charge on any atom is 0.119 e. The molecule has 0 amide bonds. The Balaban J connectivity index is 1.60. The zero-order valence-electron chi connectivity index (χ0n) is 10.3. The van der Waals surface area contributed by atoms with Crippen molar-refractivity contribution >= 4 is 0 Å². The highest BCUT2D eigenvalue weighted by Crippen LogP contribution is 2.28. The lowest BCUT2D eigenvalue weighted by Crippen LogP contribution is -2.28. The van der Waals surface area contributed by atoms with Gasteiger partial charge in [-0.2, -0.15) is 0 Å². The maximum atomic E-state index is 5.84. The Kier molecular flexibility index (Phi) is 3.32. The molecule has 1 saturated heterocycles. The summed E-state index contributed by atoms with van der Waals surface area (Å²) >= 11 is 0. The van der Waals surface area contributed by atoms with E-state index in [4.69, 9.17) is 4.74 Å². The fraction of sp³-hybridized carbons (Fsp3) is 0.600. The predicted octanol–water partition coefficient (Wildman–Crippen LogP) is 2.77. The minimum Gasteiger partial charge on any atom is -0.490 e. The minimum atomic E-state index is 0.504. The second-order valence-electron chi connectivity index (χ2n) is 5.36. The van der Waals surface area contributed by atoms with E-state index in [0.717, 1.165) is 11.7 Å². The second kappa shape index (κ2) is 5.09. The topological polar surface area (TPSA) is 21.3 Å². The largest absolute Gasteiger partial charge is 0.490 e. The van der Waals surface area contributed by atoms with Crippen molar-refractivity contribution in [2.45, 2.75) is 38.2 Å². The van der Waals surface area contributed by atoms with Gasteiger partial charge in [0.05, 0.1) is 6.10 Å². The molecule has 92 valence electrons. The van der Waals surface area contributed by atoms with Crippen LogP contribution < -0.4 is 10.1 Å². The summed E-state index contributed by atoms with van der Waals surface area (Å²) in [7, 11) is 0. The Hall–Kier alpha value is -1.02. The molecule has 0 atom stereocenters. The van der Waals surface area contributed by atoms with E-state index in [9.17, 15) is 0 Å². The van der Waals surface area contributed by atoms with Gasteiger partial charge in [0, 0.05) is 0 Å². The van der Waals surface area contributed by atoms with Gasteiger partial charge in [0.1, 0.15) is 5.75 Å². The van der Waals surface area contributed by atoms with E-state index >= 15 is 0 Å². The van der Waals surface area contributed by atoms with Crippen LogP contribution in [0, 0.1) is 5.92 Å². The first-order chi connectivity index (χ1) is 8.40. The van der Waals surface area contributed by atoms with Gasteiger partial charge in [0.15, 0.2) is 0 Å². The Bertz CT molecular complexity index is 367. The highest BCUT2D eigenvalue weighted by Gasteiger charge is 2.23. The van der Waals surface area contributed by atoms with Gasteiger partial charge in [-0.15, -0.1) is 0 Å². The number of benzene rings is 1. The molecule has 1 N–H and O–H groups in total. The van der Waals surface area contributed by atoms with Crippen LogP contribution in [0.25, 0.3) is 0 Å². The lowest BCUT2D eigenvalue weighted by Gasteiger charge is -2.22. The van der Waals surface area contributed by atoms with Crippen LogP contribution in [0.1, 0.15) is 31.2 Å². The Morgan fingerprint density at radius 3 is 2.71 bits per heavy atom. The molecule has 1 aromatic rings. The van der Waals surface area contributed by atoms with Crippen molar-refractivity contribution in [3.8, 4) is 5.75 Å². The van der Waals surface area contributed by atoms with Crippen LogP contribution in [0.5, 0.6) is 5.75 Å². The molecule has 1 heterocycles. The second-order valence-corrected chi connectivity index (χ2v) is 5.36. The fourth-order valence-electron chi connectivity index (χ4n) is 2.54. The summed E-state index contributed by atoms with van der Waals surface area (Å²) in [6.07, 6.45) is 6.81. The van der Waals surface area contributed by atoms with Gasteiger partial charge in [-0.3, -0.25) is 0 Å². The molecule has 0 bridgehead atoms. The minimum absolute atomic E-state index is 0.504. The Morgan fingerprint density at radius 2 is 1.94 bits per heavy atom. The van der Waals surface area contributed by atoms with E-state index in [1.165, 1.54) is 50.8 Å². The maximum absolute atomic E-state index is 5.84. The van der Waals surface area contributed by atoms with Crippen molar-refractivity contribution in [3.05, 3.63) is 29.8 Å².